The van der Waals surface area contributed by atoms with Crippen molar-refractivity contribution in [1.29, 1.82) is 0 Å². The molecule has 1 N–H and O–H groups in total. The lowest BCUT2D eigenvalue weighted by Crippen LogP contribution is -2.38. The van der Waals surface area contributed by atoms with Gasteiger partial charge in [0.1, 0.15) is 6.23 Å². The van der Waals surface area contributed by atoms with Gasteiger partial charge >= 0.3 is 0 Å². The Labute approximate surface area is 48.0 Å². The van der Waals surface area contributed by atoms with Gasteiger partial charge in [-0.25, -0.2) is 4.39 Å². The highest BCUT2D eigenvalue weighted by Crippen LogP contribution is 2.06. The van der Waals surface area contributed by atoms with Crippen LogP contribution in [0.15, 0.2) is 0 Å². The minimum absolute atomic E-state index is 0.112. The van der Waals surface area contributed by atoms with E-state index in [0.717, 1.165) is 6.54 Å². The average Bonchev–Trinajstić information content (AvgIpc) is 1.64. The SMILES string of the molecule is CC1NCCC(F)O1. The number of nitrogens with one attached hydrogen (secondary N) is 1. The van der Waals surface area contributed by atoms with Gasteiger partial charge in [0.05, 0.1) is 0 Å². The molecule has 0 spiro atoms. The molecule has 0 aromatic heterocycles. The van der Waals surface area contributed by atoms with Gasteiger partial charge in [-0.2, -0.15) is 0 Å². The molecule has 2 unspecified atom stereocenters. The van der Waals surface area contributed by atoms with Crippen molar-refractivity contribution in [3.8, 4) is 0 Å². The molecule has 1 aliphatic rings. The molecular weight excluding hydrogens is 109 g/mol. The van der Waals surface area contributed by atoms with E-state index in [2.05, 4.69) is 5.32 Å². The first-order valence-corrected chi connectivity index (χ1v) is 2.82. The molecule has 1 fully saturated rings. The van der Waals surface area contributed by atoms with E-state index >= 15 is 0 Å². The Bertz CT molecular complexity index is 70.8. The summed E-state index contributed by atoms with van der Waals surface area (Å²) >= 11 is 0. The van der Waals surface area contributed by atoms with Gasteiger partial charge in [-0.1, -0.05) is 0 Å². The molecule has 0 amide bonds. The maximum absolute atomic E-state index is 12.2. The Morgan fingerprint density at radius 2 is 2.50 bits per heavy atom. The lowest BCUT2D eigenvalue weighted by atomic mass is 10.4. The van der Waals surface area contributed by atoms with E-state index < -0.39 is 6.36 Å². The summed E-state index contributed by atoms with van der Waals surface area (Å²) in [7, 11) is 0. The van der Waals surface area contributed by atoms with Crippen LogP contribution < -0.4 is 5.32 Å². The fourth-order valence-corrected chi connectivity index (χ4v) is 0.738. The molecule has 0 aromatic carbocycles. The normalized spacial score (nSPS) is 39.8. The molecule has 3 heteroatoms. The molecule has 0 aromatic rings. The standard InChI is InChI=1S/C5H10FNO/c1-4-7-3-2-5(6)8-4/h4-5,7H,2-3H2,1H3. The molecule has 1 aliphatic heterocycles. The van der Waals surface area contributed by atoms with E-state index in [0.29, 0.717) is 6.42 Å². The molecular formula is C5H10FNO. The van der Waals surface area contributed by atoms with Crippen molar-refractivity contribution in [3.05, 3.63) is 0 Å². The van der Waals surface area contributed by atoms with E-state index in [-0.39, 0.29) is 6.23 Å². The number of rotatable bonds is 0. The first-order valence-electron chi connectivity index (χ1n) is 2.82. The molecule has 0 radical (unpaired) electrons. The Morgan fingerprint density at radius 1 is 1.75 bits per heavy atom. The van der Waals surface area contributed by atoms with E-state index in [9.17, 15) is 4.39 Å². The summed E-state index contributed by atoms with van der Waals surface area (Å²) < 4.78 is 16.9. The largest absolute Gasteiger partial charge is 0.330 e. The van der Waals surface area contributed by atoms with Gasteiger partial charge in [0.25, 0.3) is 0 Å². The monoisotopic (exact) mass is 119 g/mol. The average molecular weight is 119 g/mol. The Kier molecular flexibility index (Phi) is 1.81. The van der Waals surface area contributed by atoms with Crippen LogP contribution >= 0.6 is 0 Å². The summed E-state index contributed by atoms with van der Waals surface area (Å²) in [6, 6.07) is 0. The molecule has 0 saturated carbocycles. The first kappa shape index (κ1) is 5.98. The fraction of sp³-hybridized carbons (Fsp3) is 1.00. The van der Waals surface area contributed by atoms with Gasteiger partial charge in [0.15, 0.2) is 0 Å². The van der Waals surface area contributed by atoms with Gasteiger partial charge in [-0.05, 0) is 6.92 Å². The number of alkyl halides is 1. The second-order valence-electron chi connectivity index (χ2n) is 1.93. The van der Waals surface area contributed by atoms with Gasteiger partial charge in [0, 0.05) is 13.0 Å². The van der Waals surface area contributed by atoms with E-state index in [1.807, 2.05) is 0 Å². The van der Waals surface area contributed by atoms with Gasteiger partial charge in [-0.15, -0.1) is 0 Å². The van der Waals surface area contributed by atoms with Crippen molar-refractivity contribution in [3.63, 3.8) is 0 Å². The molecule has 0 aliphatic carbocycles. The van der Waals surface area contributed by atoms with Crippen LogP contribution in [0.2, 0.25) is 0 Å². The van der Waals surface area contributed by atoms with E-state index in [4.69, 9.17) is 4.74 Å². The Balaban J connectivity index is 2.23. The van der Waals surface area contributed by atoms with E-state index in [1.54, 1.807) is 6.92 Å². The van der Waals surface area contributed by atoms with Crippen LogP contribution in [0.3, 0.4) is 0 Å². The zero-order valence-electron chi connectivity index (χ0n) is 4.86. The number of ether oxygens (including phenoxy) is 1. The highest BCUT2D eigenvalue weighted by atomic mass is 19.1. The second-order valence-corrected chi connectivity index (χ2v) is 1.93. The lowest BCUT2D eigenvalue weighted by molar-refractivity contribution is -0.117. The third-order valence-electron chi connectivity index (χ3n) is 1.15. The van der Waals surface area contributed by atoms with Crippen LogP contribution in [0, 0.1) is 0 Å². The molecule has 2 nitrogen and oxygen atoms in total. The van der Waals surface area contributed by atoms with Crippen LogP contribution in [0.5, 0.6) is 0 Å². The molecule has 0 bridgehead atoms. The number of hydrogen-bond acceptors (Lipinski definition) is 2. The topological polar surface area (TPSA) is 21.3 Å². The smallest absolute Gasteiger partial charge is 0.201 e. The predicted octanol–water partition coefficient (Wildman–Crippen LogP) is 0.638. The maximum atomic E-state index is 12.2. The molecule has 2 atom stereocenters. The lowest BCUT2D eigenvalue weighted by Gasteiger charge is -2.23. The van der Waals surface area contributed by atoms with Crippen LogP contribution in [-0.4, -0.2) is 19.1 Å². The minimum atomic E-state index is -1.05. The minimum Gasteiger partial charge on any atom is -0.330 e. The van der Waals surface area contributed by atoms with Gasteiger partial charge in [-0.3, -0.25) is 5.32 Å². The van der Waals surface area contributed by atoms with Gasteiger partial charge < -0.3 is 4.74 Å². The third kappa shape index (κ3) is 1.42. The van der Waals surface area contributed by atoms with Gasteiger partial charge in [0.2, 0.25) is 6.36 Å². The summed E-state index contributed by atoms with van der Waals surface area (Å²) in [5.41, 5.74) is 0. The van der Waals surface area contributed by atoms with Crippen LogP contribution in [-0.2, 0) is 4.74 Å². The molecule has 1 heterocycles. The molecule has 1 saturated heterocycles. The van der Waals surface area contributed by atoms with E-state index in [1.165, 1.54) is 0 Å². The van der Waals surface area contributed by atoms with Crippen molar-refractivity contribution < 1.29 is 9.13 Å². The number of halogens is 1. The van der Waals surface area contributed by atoms with Crippen molar-refractivity contribution in [1.82, 2.24) is 5.32 Å². The maximum Gasteiger partial charge on any atom is 0.201 e. The summed E-state index contributed by atoms with van der Waals surface area (Å²) in [6.07, 6.45) is -0.686. The zero-order chi connectivity index (χ0) is 5.98. The van der Waals surface area contributed by atoms with Crippen LogP contribution in [0.25, 0.3) is 0 Å². The molecule has 1 rings (SSSR count). The molecule has 8 heavy (non-hydrogen) atoms. The van der Waals surface area contributed by atoms with Crippen molar-refractivity contribution in [2.45, 2.75) is 25.9 Å². The second kappa shape index (κ2) is 2.42. The summed E-state index contributed by atoms with van der Waals surface area (Å²) in [5, 5.41) is 2.95. The Hall–Kier alpha value is -0.150. The third-order valence-corrected chi connectivity index (χ3v) is 1.15. The van der Waals surface area contributed by atoms with Crippen molar-refractivity contribution in [2.75, 3.05) is 6.54 Å². The van der Waals surface area contributed by atoms with Crippen molar-refractivity contribution >= 4 is 0 Å². The number of hydrogen-bond donors (Lipinski definition) is 1. The highest BCUT2D eigenvalue weighted by Gasteiger charge is 2.15. The van der Waals surface area contributed by atoms with Crippen LogP contribution in [0.4, 0.5) is 4.39 Å². The Morgan fingerprint density at radius 3 is 2.88 bits per heavy atom. The predicted molar refractivity (Wildman–Crippen MR) is 28.1 cm³/mol. The van der Waals surface area contributed by atoms with Crippen molar-refractivity contribution in [2.24, 2.45) is 0 Å². The quantitative estimate of drug-likeness (QED) is 0.505. The summed E-state index contributed by atoms with van der Waals surface area (Å²) in [5.74, 6) is 0. The molecule has 48 valence electrons. The highest BCUT2D eigenvalue weighted by molar-refractivity contribution is 4.58. The summed E-state index contributed by atoms with van der Waals surface area (Å²) in [4.78, 5) is 0. The summed E-state index contributed by atoms with van der Waals surface area (Å²) in [6.45, 7) is 2.52. The first-order chi connectivity index (χ1) is 3.79. The zero-order valence-corrected chi connectivity index (χ0v) is 4.86. The fourth-order valence-electron chi connectivity index (χ4n) is 0.738. The van der Waals surface area contributed by atoms with Crippen LogP contribution in [0.1, 0.15) is 13.3 Å².